The zero-order valence-corrected chi connectivity index (χ0v) is 9.95. The molecule has 4 heteroatoms. The van der Waals surface area contributed by atoms with E-state index in [4.69, 9.17) is 9.47 Å². The van der Waals surface area contributed by atoms with Crippen molar-refractivity contribution in [2.24, 2.45) is 0 Å². The molecule has 2 aliphatic rings. The molecule has 2 atom stereocenters. The minimum absolute atomic E-state index is 0.157. The molecule has 1 saturated carbocycles. The second-order valence-corrected chi connectivity index (χ2v) is 4.64. The number of hydrogen-bond acceptors (Lipinski definition) is 4. The Morgan fingerprint density at radius 3 is 3.00 bits per heavy atom. The fourth-order valence-electron chi connectivity index (χ4n) is 2.75. The van der Waals surface area contributed by atoms with Crippen LogP contribution in [0.15, 0.2) is 18.2 Å². The molecule has 0 radical (unpaired) electrons. The first kappa shape index (κ1) is 10.6. The molecule has 1 aliphatic heterocycles. The molecule has 4 nitrogen and oxygen atoms in total. The zero-order chi connectivity index (χ0) is 12.0. The number of ether oxygens (including phenoxy) is 2. The summed E-state index contributed by atoms with van der Waals surface area (Å²) >= 11 is 0. The number of benzene rings is 1. The highest BCUT2D eigenvalue weighted by Crippen LogP contribution is 2.56. The van der Waals surface area contributed by atoms with Gasteiger partial charge in [-0.25, -0.2) is 0 Å². The van der Waals surface area contributed by atoms with E-state index in [9.17, 15) is 4.79 Å². The van der Waals surface area contributed by atoms with Crippen LogP contribution in [-0.2, 0) is 16.1 Å². The third-order valence-electron chi connectivity index (χ3n) is 3.83. The number of esters is 1. The Kier molecular flexibility index (Phi) is 2.16. The van der Waals surface area contributed by atoms with Crippen LogP contribution in [0.1, 0.15) is 23.5 Å². The van der Waals surface area contributed by atoms with Crippen molar-refractivity contribution in [2.75, 3.05) is 14.2 Å². The SMILES string of the molecule is COC(=O)[C@@]12C[C@H]1c1cc(OC)ccc1CN2. The number of fused-ring (bicyclic) bond motifs is 3. The number of carbonyl (C=O) groups is 1. The van der Waals surface area contributed by atoms with E-state index < -0.39 is 5.54 Å². The molecule has 1 heterocycles. The summed E-state index contributed by atoms with van der Waals surface area (Å²) in [6.07, 6.45) is 0.819. The first-order valence-electron chi connectivity index (χ1n) is 5.71. The third-order valence-corrected chi connectivity index (χ3v) is 3.83. The van der Waals surface area contributed by atoms with Crippen molar-refractivity contribution in [1.82, 2.24) is 5.32 Å². The van der Waals surface area contributed by atoms with E-state index in [0.717, 1.165) is 12.2 Å². The van der Waals surface area contributed by atoms with Crippen molar-refractivity contribution in [3.63, 3.8) is 0 Å². The quantitative estimate of drug-likeness (QED) is 0.780. The second kappa shape index (κ2) is 3.47. The van der Waals surface area contributed by atoms with Crippen LogP contribution in [0.3, 0.4) is 0 Å². The van der Waals surface area contributed by atoms with Gasteiger partial charge in [0.1, 0.15) is 11.3 Å². The Bertz CT molecular complexity index is 486. The lowest BCUT2D eigenvalue weighted by molar-refractivity contribution is -0.144. The first-order chi connectivity index (χ1) is 8.21. The molecule has 1 N–H and O–H groups in total. The predicted molar refractivity (Wildman–Crippen MR) is 61.9 cm³/mol. The Labute approximate surface area is 99.9 Å². The van der Waals surface area contributed by atoms with E-state index in [1.165, 1.54) is 18.2 Å². The molecule has 3 rings (SSSR count). The highest BCUT2D eigenvalue weighted by Gasteiger charge is 2.63. The minimum Gasteiger partial charge on any atom is -0.497 e. The van der Waals surface area contributed by atoms with E-state index in [-0.39, 0.29) is 11.9 Å². The maximum absolute atomic E-state index is 11.8. The van der Waals surface area contributed by atoms with Gasteiger partial charge in [-0.1, -0.05) is 6.07 Å². The number of methoxy groups -OCH3 is 2. The third kappa shape index (κ3) is 1.37. The largest absolute Gasteiger partial charge is 0.497 e. The summed E-state index contributed by atoms with van der Waals surface area (Å²) in [5.74, 6) is 0.918. The fraction of sp³-hybridized carbons (Fsp3) is 0.462. The highest BCUT2D eigenvalue weighted by atomic mass is 16.5. The molecule has 90 valence electrons. The van der Waals surface area contributed by atoms with Crippen LogP contribution < -0.4 is 10.1 Å². The monoisotopic (exact) mass is 233 g/mol. The molecule has 0 aromatic heterocycles. The van der Waals surface area contributed by atoms with E-state index in [0.29, 0.717) is 6.54 Å². The van der Waals surface area contributed by atoms with E-state index in [1.54, 1.807) is 7.11 Å². The van der Waals surface area contributed by atoms with Crippen molar-refractivity contribution < 1.29 is 14.3 Å². The lowest BCUT2D eigenvalue weighted by Crippen LogP contribution is -2.43. The minimum atomic E-state index is -0.478. The Hall–Kier alpha value is -1.55. The van der Waals surface area contributed by atoms with Gasteiger partial charge in [0.2, 0.25) is 0 Å². The molecule has 1 aromatic carbocycles. The van der Waals surface area contributed by atoms with E-state index in [1.807, 2.05) is 12.1 Å². The van der Waals surface area contributed by atoms with Gasteiger partial charge in [-0.05, 0) is 29.7 Å². The summed E-state index contributed by atoms with van der Waals surface area (Å²) in [7, 11) is 3.10. The van der Waals surface area contributed by atoms with Crippen molar-refractivity contribution in [3.8, 4) is 5.75 Å². The fourth-order valence-corrected chi connectivity index (χ4v) is 2.75. The van der Waals surface area contributed by atoms with Crippen LogP contribution in [-0.4, -0.2) is 25.7 Å². The summed E-state index contributed by atoms with van der Waals surface area (Å²) in [6.45, 7) is 0.713. The Balaban J connectivity index is 1.97. The van der Waals surface area contributed by atoms with Gasteiger partial charge in [-0.3, -0.25) is 10.1 Å². The molecular formula is C13H15NO3. The average Bonchev–Trinajstić information content (AvgIpc) is 3.13. The number of hydrogen-bond donors (Lipinski definition) is 1. The van der Waals surface area contributed by atoms with E-state index >= 15 is 0 Å². The van der Waals surface area contributed by atoms with Gasteiger partial charge in [-0.2, -0.15) is 0 Å². The normalized spacial score (nSPS) is 28.9. The number of rotatable bonds is 2. The smallest absolute Gasteiger partial charge is 0.326 e. The Morgan fingerprint density at radius 1 is 1.47 bits per heavy atom. The maximum Gasteiger partial charge on any atom is 0.326 e. The average molecular weight is 233 g/mol. The van der Waals surface area contributed by atoms with Crippen molar-refractivity contribution in [3.05, 3.63) is 29.3 Å². The molecule has 0 saturated heterocycles. The molecule has 0 amide bonds. The molecule has 17 heavy (non-hydrogen) atoms. The van der Waals surface area contributed by atoms with Crippen LogP contribution in [0.2, 0.25) is 0 Å². The van der Waals surface area contributed by atoms with Crippen LogP contribution >= 0.6 is 0 Å². The number of carbonyl (C=O) groups excluding carboxylic acids is 1. The van der Waals surface area contributed by atoms with Gasteiger partial charge in [0.25, 0.3) is 0 Å². The van der Waals surface area contributed by atoms with Crippen molar-refractivity contribution in [1.29, 1.82) is 0 Å². The molecule has 0 spiro atoms. The Morgan fingerprint density at radius 2 is 2.29 bits per heavy atom. The molecule has 0 bridgehead atoms. The molecule has 1 fully saturated rings. The summed E-state index contributed by atoms with van der Waals surface area (Å²) in [5.41, 5.74) is 1.98. The van der Waals surface area contributed by atoms with E-state index in [2.05, 4.69) is 11.4 Å². The first-order valence-corrected chi connectivity index (χ1v) is 5.71. The van der Waals surface area contributed by atoms with Gasteiger partial charge >= 0.3 is 5.97 Å². The molecular weight excluding hydrogens is 218 g/mol. The summed E-state index contributed by atoms with van der Waals surface area (Å²) < 4.78 is 10.1. The summed E-state index contributed by atoms with van der Waals surface area (Å²) in [5, 5.41) is 3.30. The van der Waals surface area contributed by atoms with Crippen molar-refractivity contribution in [2.45, 2.75) is 24.4 Å². The molecule has 1 aliphatic carbocycles. The van der Waals surface area contributed by atoms with Gasteiger partial charge in [0.15, 0.2) is 0 Å². The van der Waals surface area contributed by atoms with Crippen molar-refractivity contribution >= 4 is 5.97 Å². The maximum atomic E-state index is 11.8. The standard InChI is InChI=1S/C13H15NO3/c1-16-9-4-3-8-7-14-13(12(15)17-2)6-11(13)10(8)5-9/h3-5,11,14H,6-7H2,1-2H3/t11-,13+/m0/s1. The zero-order valence-electron chi connectivity index (χ0n) is 9.95. The van der Waals surface area contributed by atoms with Crippen LogP contribution in [0.25, 0.3) is 0 Å². The van der Waals surface area contributed by atoms with Crippen LogP contribution in [0, 0.1) is 0 Å². The molecule has 1 aromatic rings. The summed E-state index contributed by atoms with van der Waals surface area (Å²) in [4.78, 5) is 11.8. The summed E-state index contributed by atoms with van der Waals surface area (Å²) in [6, 6.07) is 6.04. The van der Waals surface area contributed by atoms with Gasteiger partial charge in [0, 0.05) is 12.5 Å². The topological polar surface area (TPSA) is 47.6 Å². The highest BCUT2D eigenvalue weighted by molar-refractivity contribution is 5.87. The lowest BCUT2D eigenvalue weighted by atomic mass is 9.95. The van der Waals surface area contributed by atoms with Crippen LogP contribution in [0.4, 0.5) is 0 Å². The predicted octanol–water partition coefficient (Wildman–Crippen LogP) is 1.20. The van der Waals surface area contributed by atoms with Gasteiger partial charge in [-0.15, -0.1) is 0 Å². The van der Waals surface area contributed by atoms with Crippen LogP contribution in [0.5, 0.6) is 5.75 Å². The van der Waals surface area contributed by atoms with Gasteiger partial charge in [0.05, 0.1) is 14.2 Å². The second-order valence-electron chi connectivity index (χ2n) is 4.64. The molecule has 0 unspecified atom stereocenters. The number of nitrogens with one attached hydrogen (secondary N) is 1. The lowest BCUT2D eigenvalue weighted by Gasteiger charge is -2.24. The van der Waals surface area contributed by atoms with Gasteiger partial charge < -0.3 is 9.47 Å².